The summed E-state index contributed by atoms with van der Waals surface area (Å²) in [5.41, 5.74) is 7.83. The quantitative estimate of drug-likeness (QED) is 0.892. The summed E-state index contributed by atoms with van der Waals surface area (Å²) in [6.45, 7) is 1.23. The van der Waals surface area contributed by atoms with E-state index in [4.69, 9.17) is 5.73 Å². The predicted molar refractivity (Wildman–Crippen MR) is 74.2 cm³/mol. The average molecular weight is 266 g/mol. The van der Waals surface area contributed by atoms with Crippen LogP contribution in [0.4, 0.5) is 0 Å². The van der Waals surface area contributed by atoms with Crippen molar-refractivity contribution in [3.8, 4) is 0 Å². The van der Waals surface area contributed by atoms with Gasteiger partial charge in [0.1, 0.15) is 9.84 Å². The number of hydrogen-bond donors (Lipinski definition) is 1. The molecule has 0 fully saturated rings. The van der Waals surface area contributed by atoms with Gasteiger partial charge in [0.15, 0.2) is 0 Å². The van der Waals surface area contributed by atoms with E-state index in [9.17, 15) is 8.42 Å². The lowest BCUT2D eigenvalue weighted by molar-refractivity contribution is 0.593. The van der Waals surface area contributed by atoms with E-state index in [2.05, 4.69) is 10.6 Å². The first-order valence-electron chi connectivity index (χ1n) is 5.95. The van der Waals surface area contributed by atoms with Crippen LogP contribution in [-0.2, 0) is 22.9 Å². The number of rotatable bonds is 5. The monoisotopic (exact) mass is 266 g/mol. The maximum absolute atomic E-state index is 11.1. The van der Waals surface area contributed by atoms with Gasteiger partial charge in [-0.3, -0.25) is 0 Å². The Kier molecular flexibility index (Phi) is 3.73. The fraction of sp³-hybridized carbons (Fsp3) is 0.385. The standard InChI is InChI=1S/C13H18N2O2S/c1-18(16,17)8-2-6-15-7-5-12-4-3-11(10-14)9-13(12)15/h3-5,7,9H,2,6,8,10,14H2,1H3. The van der Waals surface area contributed by atoms with E-state index in [0.717, 1.165) is 16.5 Å². The summed E-state index contributed by atoms with van der Waals surface area (Å²) in [4.78, 5) is 0. The first-order valence-corrected chi connectivity index (χ1v) is 8.01. The molecule has 0 aliphatic carbocycles. The first-order chi connectivity index (χ1) is 8.49. The topological polar surface area (TPSA) is 65.1 Å². The lowest BCUT2D eigenvalue weighted by Gasteiger charge is -2.06. The molecular weight excluding hydrogens is 248 g/mol. The van der Waals surface area contributed by atoms with Gasteiger partial charge in [0.2, 0.25) is 0 Å². The number of benzene rings is 1. The summed E-state index contributed by atoms with van der Waals surface area (Å²) >= 11 is 0. The maximum atomic E-state index is 11.1. The molecule has 0 bridgehead atoms. The highest BCUT2D eigenvalue weighted by atomic mass is 32.2. The highest BCUT2D eigenvalue weighted by Crippen LogP contribution is 2.18. The molecule has 0 aliphatic rings. The SMILES string of the molecule is CS(=O)(=O)CCCn1ccc2ccc(CN)cc21. The lowest BCUT2D eigenvalue weighted by atomic mass is 10.1. The molecule has 2 aromatic rings. The molecule has 0 saturated heterocycles. The van der Waals surface area contributed by atoms with Crippen LogP contribution in [0.5, 0.6) is 0 Å². The van der Waals surface area contributed by atoms with Crippen molar-refractivity contribution in [2.75, 3.05) is 12.0 Å². The highest BCUT2D eigenvalue weighted by molar-refractivity contribution is 7.90. The molecule has 1 aromatic carbocycles. The van der Waals surface area contributed by atoms with Crippen molar-refractivity contribution < 1.29 is 8.42 Å². The van der Waals surface area contributed by atoms with Crippen molar-refractivity contribution in [3.63, 3.8) is 0 Å². The van der Waals surface area contributed by atoms with Gasteiger partial charge >= 0.3 is 0 Å². The number of nitrogens with zero attached hydrogens (tertiary/aromatic N) is 1. The third kappa shape index (κ3) is 3.11. The molecule has 18 heavy (non-hydrogen) atoms. The van der Waals surface area contributed by atoms with Crippen LogP contribution in [0.3, 0.4) is 0 Å². The van der Waals surface area contributed by atoms with Gasteiger partial charge in [0.25, 0.3) is 0 Å². The van der Waals surface area contributed by atoms with E-state index >= 15 is 0 Å². The molecule has 0 radical (unpaired) electrons. The summed E-state index contributed by atoms with van der Waals surface area (Å²) in [5.74, 6) is 0.225. The third-order valence-electron chi connectivity index (χ3n) is 2.99. The van der Waals surface area contributed by atoms with E-state index in [1.165, 1.54) is 6.26 Å². The fourth-order valence-corrected chi connectivity index (χ4v) is 2.70. The largest absolute Gasteiger partial charge is 0.347 e. The second kappa shape index (κ2) is 5.12. The zero-order chi connectivity index (χ0) is 13.2. The summed E-state index contributed by atoms with van der Waals surface area (Å²) in [6.07, 6.45) is 3.90. The van der Waals surface area contributed by atoms with E-state index < -0.39 is 9.84 Å². The van der Waals surface area contributed by atoms with Gasteiger partial charge in [0.05, 0.1) is 5.75 Å². The fourth-order valence-electron chi connectivity index (χ4n) is 2.05. The Hall–Kier alpha value is -1.33. The van der Waals surface area contributed by atoms with E-state index in [1.54, 1.807) is 0 Å². The number of aryl methyl sites for hydroxylation is 1. The van der Waals surface area contributed by atoms with Crippen molar-refractivity contribution in [1.29, 1.82) is 0 Å². The Morgan fingerprint density at radius 2 is 2.06 bits per heavy atom. The summed E-state index contributed by atoms with van der Waals surface area (Å²) in [7, 11) is -2.88. The van der Waals surface area contributed by atoms with Gasteiger partial charge in [-0.25, -0.2) is 8.42 Å². The van der Waals surface area contributed by atoms with Crippen LogP contribution in [0.2, 0.25) is 0 Å². The number of aromatic nitrogens is 1. The lowest BCUT2D eigenvalue weighted by Crippen LogP contribution is -2.07. The number of hydrogen-bond acceptors (Lipinski definition) is 3. The Morgan fingerprint density at radius 1 is 1.28 bits per heavy atom. The third-order valence-corrected chi connectivity index (χ3v) is 4.02. The van der Waals surface area contributed by atoms with Crippen LogP contribution < -0.4 is 5.73 Å². The molecule has 1 aromatic heterocycles. The van der Waals surface area contributed by atoms with Crippen LogP contribution in [0, 0.1) is 0 Å². The maximum Gasteiger partial charge on any atom is 0.147 e. The number of fused-ring (bicyclic) bond motifs is 1. The van der Waals surface area contributed by atoms with Crippen molar-refractivity contribution >= 4 is 20.7 Å². The van der Waals surface area contributed by atoms with Crippen LogP contribution in [0.15, 0.2) is 30.5 Å². The minimum absolute atomic E-state index is 0.225. The molecule has 2 rings (SSSR count). The minimum Gasteiger partial charge on any atom is -0.347 e. The van der Waals surface area contributed by atoms with Gasteiger partial charge < -0.3 is 10.3 Å². The molecule has 1 heterocycles. The van der Waals surface area contributed by atoms with Crippen LogP contribution >= 0.6 is 0 Å². The van der Waals surface area contributed by atoms with Gasteiger partial charge in [-0.2, -0.15) is 0 Å². The minimum atomic E-state index is -2.88. The Balaban J connectivity index is 2.18. The zero-order valence-electron chi connectivity index (χ0n) is 10.5. The highest BCUT2D eigenvalue weighted by Gasteiger charge is 2.05. The van der Waals surface area contributed by atoms with Crippen LogP contribution in [0.25, 0.3) is 10.9 Å². The molecule has 0 atom stereocenters. The molecule has 4 nitrogen and oxygen atoms in total. The van der Waals surface area contributed by atoms with E-state index in [0.29, 0.717) is 19.5 Å². The molecule has 98 valence electrons. The Bertz CT molecular complexity index is 644. The van der Waals surface area contributed by atoms with E-state index in [-0.39, 0.29) is 5.75 Å². The van der Waals surface area contributed by atoms with Gasteiger partial charge in [0, 0.05) is 31.1 Å². The van der Waals surface area contributed by atoms with Crippen LogP contribution in [0.1, 0.15) is 12.0 Å². The molecule has 0 unspecified atom stereocenters. The summed E-state index contributed by atoms with van der Waals surface area (Å²) in [6, 6.07) is 8.17. The van der Waals surface area contributed by atoms with Crippen molar-refractivity contribution in [2.45, 2.75) is 19.5 Å². The first kappa shape index (κ1) is 13.1. The number of sulfone groups is 1. The summed E-state index contributed by atoms with van der Waals surface area (Å²) < 4.78 is 24.3. The Morgan fingerprint density at radius 3 is 2.72 bits per heavy atom. The molecule has 0 aliphatic heterocycles. The average Bonchev–Trinajstić information content (AvgIpc) is 2.70. The molecule has 0 amide bonds. The van der Waals surface area contributed by atoms with Crippen molar-refractivity contribution in [2.24, 2.45) is 5.73 Å². The molecule has 0 spiro atoms. The molecule has 0 saturated carbocycles. The van der Waals surface area contributed by atoms with Crippen molar-refractivity contribution in [3.05, 3.63) is 36.0 Å². The van der Waals surface area contributed by atoms with E-state index in [1.807, 2.05) is 24.4 Å². The molecule has 5 heteroatoms. The van der Waals surface area contributed by atoms with Crippen molar-refractivity contribution in [1.82, 2.24) is 4.57 Å². The predicted octanol–water partition coefficient (Wildman–Crippen LogP) is 1.53. The molecular formula is C13H18N2O2S. The second-order valence-corrected chi connectivity index (χ2v) is 6.85. The van der Waals surface area contributed by atoms with Gasteiger partial charge in [-0.15, -0.1) is 0 Å². The van der Waals surface area contributed by atoms with Crippen LogP contribution in [-0.4, -0.2) is 25.0 Å². The summed E-state index contributed by atoms with van der Waals surface area (Å²) in [5, 5.41) is 1.16. The van der Waals surface area contributed by atoms with Gasteiger partial charge in [-0.05, 0) is 29.5 Å². The Labute approximate surface area is 107 Å². The normalized spacial score (nSPS) is 12.1. The number of nitrogens with two attached hydrogens (primary N) is 1. The van der Waals surface area contributed by atoms with Gasteiger partial charge in [-0.1, -0.05) is 12.1 Å². The smallest absolute Gasteiger partial charge is 0.147 e. The second-order valence-electron chi connectivity index (χ2n) is 4.59. The molecule has 2 N–H and O–H groups in total. The zero-order valence-corrected chi connectivity index (χ0v) is 11.3.